The van der Waals surface area contributed by atoms with E-state index in [9.17, 15) is 9.59 Å². The van der Waals surface area contributed by atoms with E-state index in [0.29, 0.717) is 0 Å². The number of imide groups is 1. The smallest absolute Gasteiger partial charge is 0.260 e. The molecule has 114 valence electrons. The van der Waals surface area contributed by atoms with Crippen LogP contribution in [0.2, 0.25) is 0 Å². The standard InChI is InChI=1S/C16H27NO3/c1-2-3-4-5-6-7-8-9-10-11-12-14-13-15(18)17(20)16(14)19/h11-12,14,20H,2-10,13H2,1H3. The van der Waals surface area contributed by atoms with E-state index < -0.39 is 17.7 Å². The quantitative estimate of drug-likeness (QED) is 0.286. The molecule has 0 bridgehead atoms. The van der Waals surface area contributed by atoms with E-state index >= 15 is 0 Å². The lowest BCUT2D eigenvalue weighted by atomic mass is 10.0. The van der Waals surface area contributed by atoms with Gasteiger partial charge >= 0.3 is 0 Å². The molecule has 0 spiro atoms. The van der Waals surface area contributed by atoms with E-state index in [1.54, 1.807) is 6.08 Å². The maximum atomic E-state index is 11.4. The van der Waals surface area contributed by atoms with Gasteiger partial charge in [0, 0.05) is 6.42 Å². The Balaban J connectivity index is 2.00. The number of carbonyl (C=O) groups is 2. The Morgan fingerprint density at radius 2 is 1.70 bits per heavy atom. The first-order valence-corrected chi connectivity index (χ1v) is 7.89. The molecule has 1 aliphatic heterocycles. The molecule has 1 saturated heterocycles. The Morgan fingerprint density at radius 1 is 1.10 bits per heavy atom. The normalized spacial score (nSPS) is 19.5. The van der Waals surface area contributed by atoms with E-state index in [0.717, 1.165) is 12.8 Å². The molecule has 1 unspecified atom stereocenters. The monoisotopic (exact) mass is 281 g/mol. The molecule has 1 atom stereocenters. The lowest BCUT2D eigenvalue weighted by Crippen LogP contribution is -2.26. The minimum absolute atomic E-state index is 0.100. The molecule has 0 aromatic heterocycles. The molecule has 0 radical (unpaired) electrons. The predicted octanol–water partition coefficient (Wildman–Crippen LogP) is 3.84. The van der Waals surface area contributed by atoms with Crippen molar-refractivity contribution in [2.45, 2.75) is 71.1 Å². The zero-order valence-corrected chi connectivity index (χ0v) is 12.5. The van der Waals surface area contributed by atoms with Crippen molar-refractivity contribution in [2.24, 2.45) is 5.92 Å². The average Bonchev–Trinajstić information content (AvgIpc) is 2.68. The van der Waals surface area contributed by atoms with E-state index in [2.05, 4.69) is 6.92 Å². The highest BCUT2D eigenvalue weighted by Crippen LogP contribution is 2.19. The fourth-order valence-electron chi connectivity index (χ4n) is 2.45. The fourth-order valence-corrected chi connectivity index (χ4v) is 2.45. The average molecular weight is 281 g/mol. The van der Waals surface area contributed by atoms with Crippen molar-refractivity contribution in [1.29, 1.82) is 0 Å². The molecular formula is C16H27NO3. The van der Waals surface area contributed by atoms with Crippen LogP contribution in [0.15, 0.2) is 12.2 Å². The molecule has 1 heterocycles. The van der Waals surface area contributed by atoms with Gasteiger partial charge in [0.1, 0.15) is 0 Å². The van der Waals surface area contributed by atoms with Crippen LogP contribution < -0.4 is 0 Å². The van der Waals surface area contributed by atoms with Gasteiger partial charge in [-0.1, -0.05) is 64.0 Å². The Labute approximate surface area is 121 Å². The number of nitrogens with zero attached hydrogens (tertiary/aromatic N) is 1. The molecule has 0 saturated carbocycles. The summed E-state index contributed by atoms with van der Waals surface area (Å²) in [6.45, 7) is 2.23. The largest absolute Gasteiger partial charge is 0.278 e. The van der Waals surface area contributed by atoms with Crippen molar-refractivity contribution in [1.82, 2.24) is 5.06 Å². The summed E-state index contributed by atoms with van der Waals surface area (Å²) >= 11 is 0. The molecule has 1 rings (SSSR count). The summed E-state index contributed by atoms with van der Waals surface area (Å²) in [5.41, 5.74) is 0. The summed E-state index contributed by atoms with van der Waals surface area (Å²) in [7, 11) is 0. The maximum Gasteiger partial charge on any atom is 0.260 e. The Hall–Kier alpha value is -1.16. The summed E-state index contributed by atoms with van der Waals surface area (Å²) < 4.78 is 0. The van der Waals surface area contributed by atoms with Crippen molar-refractivity contribution in [3.05, 3.63) is 12.2 Å². The lowest BCUT2D eigenvalue weighted by molar-refractivity contribution is -0.171. The molecule has 0 aromatic rings. The number of unbranched alkanes of at least 4 members (excludes halogenated alkanes) is 8. The highest BCUT2D eigenvalue weighted by molar-refractivity contribution is 6.02. The van der Waals surface area contributed by atoms with Gasteiger partial charge < -0.3 is 0 Å². The van der Waals surface area contributed by atoms with Gasteiger partial charge in [-0.25, -0.2) is 0 Å². The minimum atomic E-state index is -0.503. The van der Waals surface area contributed by atoms with Crippen LogP contribution in [0.5, 0.6) is 0 Å². The second-order valence-corrected chi connectivity index (χ2v) is 5.55. The first kappa shape index (κ1) is 16.9. The maximum absolute atomic E-state index is 11.4. The zero-order valence-electron chi connectivity index (χ0n) is 12.5. The fraction of sp³-hybridized carbons (Fsp3) is 0.750. The molecule has 1 aliphatic rings. The third kappa shape index (κ3) is 5.87. The molecule has 4 nitrogen and oxygen atoms in total. The van der Waals surface area contributed by atoms with Gasteiger partial charge in [-0.2, -0.15) is 5.06 Å². The highest BCUT2D eigenvalue weighted by atomic mass is 16.5. The first-order chi connectivity index (χ1) is 9.66. The summed E-state index contributed by atoms with van der Waals surface area (Å²) in [6, 6.07) is 0. The number of hydrogen-bond acceptors (Lipinski definition) is 3. The van der Waals surface area contributed by atoms with Crippen LogP contribution in [0, 0.1) is 5.92 Å². The third-order valence-electron chi connectivity index (χ3n) is 3.75. The Morgan fingerprint density at radius 3 is 2.25 bits per heavy atom. The van der Waals surface area contributed by atoms with Crippen LogP contribution in [-0.2, 0) is 9.59 Å². The van der Waals surface area contributed by atoms with E-state index in [4.69, 9.17) is 5.21 Å². The van der Waals surface area contributed by atoms with Crippen molar-refractivity contribution >= 4 is 11.8 Å². The minimum Gasteiger partial charge on any atom is -0.278 e. The van der Waals surface area contributed by atoms with Gasteiger partial charge in [0.25, 0.3) is 11.8 Å². The van der Waals surface area contributed by atoms with Gasteiger partial charge in [0.2, 0.25) is 0 Å². The number of hydrogen-bond donors (Lipinski definition) is 1. The van der Waals surface area contributed by atoms with Crippen molar-refractivity contribution < 1.29 is 14.8 Å². The molecular weight excluding hydrogens is 254 g/mol. The molecule has 20 heavy (non-hydrogen) atoms. The van der Waals surface area contributed by atoms with Crippen LogP contribution in [0.3, 0.4) is 0 Å². The van der Waals surface area contributed by atoms with Gasteiger partial charge in [-0.05, 0) is 12.8 Å². The Kier molecular flexibility index (Phi) is 8.19. The van der Waals surface area contributed by atoms with Crippen LogP contribution in [-0.4, -0.2) is 22.1 Å². The molecule has 0 aliphatic carbocycles. The third-order valence-corrected chi connectivity index (χ3v) is 3.75. The van der Waals surface area contributed by atoms with Crippen molar-refractivity contribution in [3.8, 4) is 0 Å². The number of carbonyl (C=O) groups excluding carboxylic acids is 2. The van der Waals surface area contributed by atoms with Gasteiger partial charge in [-0.15, -0.1) is 0 Å². The van der Waals surface area contributed by atoms with Crippen LogP contribution in [0.1, 0.15) is 71.1 Å². The zero-order chi connectivity index (χ0) is 14.8. The first-order valence-electron chi connectivity index (χ1n) is 7.89. The van der Waals surface area contributed by atoms with Gasteiger partial charge in [-0.3, -0.25) is 14.8 Å². The van der Waals surface area contributed by atoms with Crippen LogP contribution in [0.4, 0.5) is 0 Å². The number of amides is 2. The van der Waals surface area contributed by atoms with Crippen LogP contribution >= 0.6 is 0 Å². The number of rotatable bonds is 10. The molecule has 2 amide bonds. The Bertz CT molecular complexity index is 339. The highest BCUT2D eigenvalue weighted by Gasteiger charge is 2.36. The van der Waals surface area contributed by atoms with Gasteiger partial charge in [0.15, 0.2) is 0 Å². The summed E-state index contributed by atoms with van der Waals surface area (Å²) in [5, 5.41) is 9.34. The molecule has 0 aromatic carbocycles. The second-order valence-electron chi connectivity index (χ2n) is 5.55. The SMILES string of the molecule is CCCCCCCCCCC=CC1CC(=O)N(O)C1=O. The number of allylic oxidation sites excluding steroid dienone is 1. The molecule has 1 N–H and O–H groups in total. The van der Waals surface area contributed by atoms with E-state index in [1.807, 2.05) is 6.08 Å². The summed E-state index contributed by atoms with van der Waals surface area (Å²) in [5.74, 6) is -1.46. The van der Waals surface area contributed by atoms with Gasteiger partial charge in [0.05, 0.1) is 5.92 Å². The lowest BCUT2D eigenvalue weighted by Gasteiger charge is -2.02. The number of hydroxylamine groups is 2. The van der Waals surface area contributed by atoms with Crippen molar-refractivity contribution in [2.75, 3.05) is 0 Å². The molecule has 4 heteroatoms. The van der Waals surface area contributed by atoms with Crippen LogP contribution in [0.25, 0.3) is 0 Å². The summed E-state index contributed by atoms with van der Waals surface area (Å²) in [6.07, 6.45) is 15.0. The van der Waals surface area contributed by atoms with E-state index in [1.165, 1.54) is 44.9 Å². The van der Waals surface area contributed by atoms with E-state index in [-0.39, 0.29) is 11.5 Å². The molecule has 1 fully saturated rings. The predicted molar refractivity (Wildman–Crippen MR) is 78.1 cm³/mol. The second kappa shape index (κ2) is 9.70. The summed E-state index contributed by atoms with van der Waals surface area (Å²) in [4.78, 5) is 22.5. The van der Waals surface area contributed by atoms with Crippen molar-refractivity contribution in [3.63, 3.8) is 0 Å². The topological polar surface area (TPSA) is 57.6 Å².